The molecule has 0 saturated carbocycles. The Labute approximate surface area is 104 Å². The first-order chi connectivity index (χ1) is 8.20. The molecule has 0 aromatic heterocycles. The zero-order valence-electron chi connectivity index (χ0n) is 10.7. The second-order valence-corrected chi connectivity index (χ2v) is 5.01. The predicted octanol–water partition coefficient (Wildman–Crippen LogP) is 2.87. The quantitative estimate of drug-likeness (QED) is 0.772. The van der Waals surface area contributed by atoms with Gasteiger partial charge in [-0.15, -0.1) is 0 Å². The van der Waals surface area contributed by atoms with Gasteiger partial charge in [-0.25, -0.2) is 0 Å². The molecule has 0 aliphatic carbocycles. The van der Waals surface area contributed by atoms with E-state index in [1.807, 2.05) is 12.1 Å². The van der Waals surface area contributed by atoms with Crippen molar-refractivity contribution in [1.82, 2.24) is 0 Å². The van der Waals surface area contributed by atoms with E-state index in [1.54, 1.807) is 0 Å². The van der Waals surface area contributed by atoms with Gasteiger partial charge in [-0.1, -0.05) is 13.3 Å². The van der Waals surface area contributed by atoms with E-state index in [4.69, 9.17) is 11.5 Å². The molecule has 1 heterocycles. The molecule has 2 rings (SSSR count). The van der Waals surface area contributed by atoms with Crippen molar-refractivity contribution in [3.63, 3.8) is 0 Å². The summed E-state index contributed by atoms with van der Waals surface area (Å²) in [6.07, 6.45) is 5.23. The number of anilines is 3. The van der Waals surface area contributed by atoms with E-state index in [1.165, 1.54) is 31.4 Å². The number of benzene rings is 1. The highest BCUT2D eigenvalue weighted by Gasteiger charge is 2.16. The Morgan fingerprint density at radius 3 is 2.71 bits per heavy atom. The van der Waals surface area contributed by atoms with Crippen LogP contribution < -0.4 is 16.4 Å². The largest absolute Gasteiger partial charge is 0.397 e. The summed E-state index contributed by atoms with van der Waals surface area (Å²) >= 11 is 0. The van der Waals surface area contributed by atoms with E-state index in [0.29, 0.717) is 11.4 Å². The van der Waals surface area contributed by atoms with Gasteiger partial charge in [-0.3, -0.25) is 0 Å². The van der Waals surface area contributed by atoms with Gasteiger partial charge in [-0.05, 0) is 43.4 Å². The average molecular weight is 233 g/mol. The number of nitrogens with two attached hydrogens (primary N) is 2. The summed E-state index contributed by atoms with van der Waals surface area (Å²) in [6, 6.07) is 5.99. The highest BCUT2D eigenvalue weighted by Crippen LogP contribution is 2.27. The molecular weight excluding hydrogens is 210 g/mol. The van der Waals surface area contributed by atoms with Crippen molar-refractivity contribution < 1.29 is 0 Å². The number of rotatable bonds is 2. The van der Waals surface area contributed by atoms with Crippen LogP contribution in [-0.4, -0.2) is 13.1 Å². The summed E-state index contributed by atoms with van der Waals surface area (Å²) in [4.78, 5) is 2.44. The lowest BCUT2D eigenvalue weighted by Gasteiger charge is -2.23. The molecule has 1 aromatic rings. The maximum absolute atomic E-state index is 5.87. The van der Waals surface area contributed by atoms with Gasteiger partial charge in [0, 0.05) is 18.8 Å². The second kappa shape index (κ2) is 5.30. The van der Waals surface area contributed by atoms with Gasteiger partial charge >= 0.3 is 0 Å². The summed E-state index contributed by atoms with van der Waals surface area (Å²) < 4.78 is 0. The topological polar surface area (TPSA) is 55.3 Å². The van der Waals surface area contributed by atoms with Crippen molar-refractivity contribution in [2.24, 2.45) is 5.92 Å². The Hall–Kier alpha value is -1.38. The third kappa shape index (κ3) is 2.84. The fourth-order valence-corrected chi connectivity index (χ4v) is 2.59. The molecular formula is C14H23N3. The van der Waals surface area contributed by atoms with Crippen LogP contribution in [0.25, 0.3) is 0 Å². The molecule has 0 spiro atoms. The molecule has 3 heteroatoms. The molecule has 1 fully saturated rings. The zero-order chi connectivity index (χ0) is 12.3. The molecule has 1 atom stereocenters. The zero-order valence-corrected chi connectivity index (χ0v) is 10.7. The van der Waals surface area contributed by atoms with E-state index in [0.717, 1.165) is 19.0 Å². The van der Waals surface area contributed by atoms with Gasteiger partial charge in [0.05, 0.1) is 11.4 Å². The summed E-state index contributed by atoms with van der Waals surface area (Å²) in [7, 11) is 0. The molecule has 1 aliphatic heterocycles. The van der Waals surface area contributed by atoms with Gasteiger partial charge in [0.2, 0.25) is 0 Å². The maximum Gasteiger partial charge on any atom is 0.0568 e. The summed E-state index contributed by atoms with van der Waals surface area (Å²) in [5.74, 6) is 0.895. The predicted molar refractivity (Wildman–Crippen MR) is 75.1 cm³/mol. The van der Waals surface area contributed by atoms with Crippen LogP contribution in [0.1, 0.15) is 32.6 Å². The Morgan fingerprint density at radius 1 is 1.18 bits per heavy atom. The fraction of sp³-hybridized carbons (Fsp3) is 0.571. The van der Waals surface area contributed by atoms with Gasteiger partial charge in [0.25, 0.3) is 0 Å². The fourth-order valence-electron chi connectivity index (χ4n) is 2.59. The SMILES string of the molecule is CCC1CCCN(c2ccc(N)c(N)c2)CC1. The van der Waals surface area contributed by atoms with Crippen LogP contribution in [0, 0.1) is 5.92 Å². The Morgan fingerprint density at radius 2 is 2.00 bits per heavy atom. The molecule has 0 bridgehead atoms. The molecule has 4 N–H and O–H groups in total. The molecule has 17 heavy (non-hydrogen) atoms. The van der Waals surface area contributed by atoms with Crippen molar-refractivity contribution >= 4 is 17.1 Å². The monoisotopic (exact) mass is 233 g/mol. The summed E-state index contributed by atoms with van der Waals surface area (Å²) in [6.45, 7) is 4.57. The van der Waals surface area contributed by atoms with Crippen LogP contribution in [-0.2, 0) is 0 Å². The third-order valence-corrected chi connectivity index (χ3v) is 3.86. The smallest absolute Gasteiger partial charge is 0.0568 e. The van der Waals surface area contributed by atoms with Crippen molar-refractivity contribution in [2.75, 3.05) is 29.5 Å². The van der Waals surface area contributed by atoms with E-state index < -0.39 is 0 Å². The minimum atomic E-state index is 0.676. The van der Waals surface area contributed by atoms with Gasteiger partial charge in [0.1, 0.15) is 0 Å². The van der Waals surface area contributed by atoms with Crippen molar-refractivity contribution in [3.05, 3.63) is 18.2 Å². The molecule has 0 amide bonds. The second-order valence-electron chi connectivity index (χ2n) is 5.01. The average Bonchev–Trinajstić information content (AvgIpc) is 2.58. The molecule has 1 saturated heterocycles. The lowest BCUT2D eigenvalue weighted by molar-refractivity contribution is 0.459. The van der Waals surface area contributed by atoms with Crippen LogP contribution in [0.3, 0.4) is 0 Å². The Balaban J connectivity index is 2.08. The van der Waals surface area contributed by atoms with E-state index in [-0.39, 0.29) is 0 Å². The standard InChI is InChI=1S/C14H23N3/c1-2-11-4-3-8-17(9-7-11)12-5-6-13(15)14(16)10-12/h5-6,10-11H,2-4,7-9,15-16H2,1H3. The normalized spacial score (nSPS) is 21.2. The minimum Gasteiger partial charge on any atom is -0.397 e. The number of hydrogen-bond donors (Lipinski definition) is 2. The molecule has 0 radical (unpaired) electrons. The van der Waals surface area contributed by atoms with Crippen LogP contribution in [0.5, 0.6) is 0 Å². The Bertz CT molecular complexity index is 376. The highest BCUT2D eigenvalue weighted by atomic mass is 15.1. The molecule has 1 aromatic carbocycles. The Kier molecular flexibility index (Phi) is 3.77. The molecule has 1 aliphatic rings. The number of nitrogen functional groups attached to an aromatic ring is 2. The van der Waals surface area contributed by atoms with Gasteiger partial charge < -0.3 is 16.4 Å². The first-order valence-electron chi connectivity index (χ1n) is 6.60. The lowest BCUT2D eigenvalue weighted by Crippen LogP contribution is -2.24. The third-order valence-electron chi connectivity index (χ3n) is 3.86. The van der Waals surface area contributed by atoms with E-state index in [9.17, 15) is 0 Å². The highest BCUT2D eigenvalue weighted by molar-refractivity contribution is 5.69. The first-order valence-corrected chi connectivity index (χ1v) is 6.60. The minimum absolute atomic E-state index is 0.676. The van der Waals surface area contributed by atoms with Gasteiger partial charge in [0.15, 0.2) is 0 Å². The maximum atomic E-state index is 5.87. The number of nitrogens with zero attached hydrogens (tertiary/aromatic N) is 1. The molecule has 1 unspecified atom stereocenters. The van der Waals surface area contributed by atoms with Crippen molar-refractivity contribution in [2.45, 2.75) is 32.6 Å². The molecule has 94 valence electrons. The van der Waals surface area contributed by atoms with Crippen LogP contribution >= 0.6 is 0 Å². The first kappa shape index (κ1) is 12.1. The van der Waals surface area contributed by atoms with Crippen molar-refractivity contribution in [1.29, 1.82) is 0 Å². The number of hydrogen-bond acceptors (Lipinski definition) is 3. The lowest BCUT2D eigenvalue weighted by atomic mass is 9.98. The van der Waals surface area contributed by atoms with Crippen LogP contribution in [0.15, 0.2) is 18.2 Å². The summed E-state index contributed by atoms with van der Waals surface area (Å²) in [5.41, 5.74) is 14.2. The van der Waals surface area contributed by atoms with E-state index >= 15 is 0 Å². The molecule has 3 nitrogen and oxygen atoms in total. The van der Waals surface area contributed by atoms with Crippen LogP contribution in [0.4, 0.5) is 17.1 Å². The van der Waals surface area contributed by atoms with Crippen LogP contribution in [0.2, 0.25) is 0 Å². The summed E-state index contributed by atoms with van der Waals surface area (Å²) in [5, 5.41) is 0. The van der Waals surface area contributed by atoms with Gasteiger partial charge in [-0.2, -0.15) is 0 Å². The van der Waals surface area contributed by atoms with E-state index in [2.05, 4.69) is 17.9 Å². The van der Waals surface area contributed by atoms with Crippen molar-refractivity contribution in [3.8, 4) is 0 Å².